The monoisotopic (exact) mass is 576 g/mol. The van der Waals surface area contributed by atoms with Gasteiger partial charge in [-0.25, -0.2) is 0 Å². The first-order chi connectivity index (χ1) is 17.3. The molecule has 0 bridgehead atoms. The van der Waals surface area contributed by atoms with E-state index in [1.54, 1.807) is 0 Å². The molecule has 1 saturated carbocycles. The third kappa shape index (κ3) is 6.79. The molecule has 4 atom stereocenters. The van der Waals surface area contributed by atoms with Crippen LogP contribution in [0.3, 0.4) is 0 Å². The topological polar surface area (TPSA) is 40.5 Å². The zero-order valence-electron chi connectivity index (χ0n) is 24.3. The predicted octanol–water partition coefficient (Wildman–Crippen LogP) is 9.57. The van der Waals surface area contributed by atoms with Crippen molar-refractivity contribution in [3.05, 3.63) is 57.6 Å². The van der Waals surface area contributed by atoms with E-state index >= 15 is 0 Å². The zero-order chi connectivity index (χ0) is 27.1. The number of aryl methyl sites for hydroxylation is 2. The standard InChI is InChI=1S/C32H48O2S2.Ti/c1-21-15-25(31(3,4)5)17-23(29(21)33)19-35-27-13-11-9-10-12-14-28(27)36-20-24-18-26(32(6,7)8)16-22(2)30(24)34;/h15-18,27-28,33-34H,9-14,19-20H2,1-8H3;/t27-,28-;/m0./s1. The van der Waals surface area contributed by atoms with Crippen LogP contribution < -0.4 is 0 Å². The molecule has 2 unspecified atom stereocenters. The average Bonchev–Trinajstić information content (AvgIpc) is 3.07. The number of phenols is 2. The van der Waals surface area contributed by atoms with Crippen LogP contribution in [0.5, 0.6) is 11.5 Å². The number of benzene rings is 2. The van der Waals surface area contributed by atoms with Gasteiger partial charge in [0.2, 0.25) is 0 Å². The summed E-state index contributed by atoms with van der Waals surface area (Å²) in [6.45, 7) is 17.8. The van der Waals surface area contributed by atoms with Gasteiger partial charge in [-0.1, -0.05) is 0 Å². The second-order valence-corrected chi connectivity index (χ2v) is 24.8. The molecule has 1 heterocycles. The van der Waals surface area contributed by atoms with Gasteiger partial charge in [-0.2, -0.15) is 0 Å². The Bertz CT molecular complexity index is 1150. The van der Waals surface area contributed by atoms with Crippen molar-refractivity contribution >= 4 is 15.9 Å². The predicted molar refractivity (Wildman–Crippen MR) is 161 cm³/mol. The number of hydrogen-bond donors (Lipinski definition) is 2. The molecule has 1 aliphatic carbocycles. The van der Waals surface area contributed by atoms with Crippen LogP contribution in [0.1, 0.15) is 113 Å². The van der Waals surface area contributed by atoms with Crippen molar-refractivity contribution in [2.75, 3.05) is 0 Å². The Morgan fingerprint density at radius 2 is 1.05 bits per heavy atom. The summed E-state index contributed by atoms with van der Waals surface area (Å²) in [4.78, 5) is 0. The fraction of sp³-hybridized carbons (Fsp3) is 0.625. The van der Waals surface area contributed by atoms with Crippen molar-refractivity contribution in [2.45, 2.75) is 127 Å². The van der Waals surface area contributed by atoms with E-state index in [2.05, 4.69) is 79.7 Å². The molecule has 5 heteroatoms. The van der Waals surface area contributed by atoms with Crippen molar-refractivity contribution in [2.24, 2.45) is 0 Å². The third-order valence-corrected chi connectivity index (χ3v) is 24.1. The Hall–Kier alpha value is -0.546. The molecule has 2 aliphatic rings. The normalized spacial score (nSPS) is 24.5. The van der Waals surface area contributed by atoms with E-state index in [0.717, 1.165) is 33.1 Å². The quantitative estimate of drug-likeness (QED) is 0.356. The van der Waals surface area contributed by atoms with Crippen LogP contribution in [0.4, 0.5) is 0 Å². The van der Waals surface area contributed by atoms with Crippen LogP contribution in [0.25, 0.3) is 0 Å². The fourth-order valence-corrected chi connectivity index (χ4v) is 26.6. The molecule has 204 valence electrons. The van der Waals surface area contributed by atoms with Gasteiger partial charge in [-0.05, 0) is 0 Å². The van der Waals surface area contributed by atoms with Crippen molar-refractivity contribution in [3.63, 3.8) is 0 Å². The molecule has 4 rings (SSSR count). The molecule has 0 radical (unpaired) electrons. The number of hydrogen-bond acceptors (Lipinski definition) is 2. The first kappa shape index (κ1) is 29.4. The van der Waals surface area contributed by atoms with Gasteiger partial charge in [0.05, 0.1) is 0 Å². The first-order valence-corrected chi connectivity index (χ1v) is 20.8. The molecule has 0 aromatic heterocycles. The van der Waals surface area contributed by atoms with E-state index in [1.807, 2.05) is 0 Å². The van der Waals surface area contributed by atoms with Gasteiger partial charge in [0.1, 0.15) is 0 Å². The Labute approximate surface area is 236 Å². The Balaban J connectivity index is 1.77. The molecule has 2 N–H and O–H groups in total. The molecule has 0 spiro atoms. The summed E-state index contributed by atoms with van der Waals surface area (Å²) >= 11 is -0.181. The fourth-order valence-electron chi connectivity index (χ4n) is 5.73. The van der Waals surface area contributed by atoms with Crippen molar-refractivity contribution in [1.82, 2.24) is 0 Å². The van der Waals surface area contributed by atoms with Gasteiger partial charge in [-0.3, -0.25) is 0 Å². The van der Waals surface area contributed by atoms with Crippen molar-refractivity contribution in [3.8, 4) is 11.5 Å². The number of phenolic OH excluding ortho intramolecular Hbond substituents is 2. The average molecular weight is 577 g/mol. The van der Waals surface area contributed by atoms with Crippen LogP contribution in [-0.4, -0.2) is 20.7 Å². The molecule has 1 aliphatic heterocycles. The van der Waals surface area contributed by atoms with E-state index in [9.17, 15) is 10.2 Å². The van der Waals surface area contributed by atoms with Gasteiger partial charge in [0.25, 0.3) is 0 Å². The van der Waals surface area contributed by atoms with E-state index in [1.165, 1.54) is 60.8 Å². The first-order valence-electron chi connectivity index (χ1n) is 14.1. The zero-order valence-corrected chi connectivity index (χ0v) is 27.5. The van der Waals surface area contributed by atoms with Gasteiger partial charge >= 0.3 is 237 Å². The van der Waals surface area contributed by atoms with Gasteiger partial charge in [0.15, 0.2) is 0 Å². The summed E-state index contributed by atoms with van der Waals surface area (Å²) in [5, 5.41) is 23.8. The van der Waals surface area contributed by atoms with Crippen LogP contribution in [-0.2, 0) is 37.8 Å². The van der Waals surface area contributed by atoms with Gasteiger partial charge in [-0.15, -0.1) is 0 Å². The van der Waals surface area contributed by atoms with Crippen molar-refractivity contribution in [1.29, 1.82) is 0 Å². The van der Waals surface area contributed by atoms with Crippen LogP contribution in [0.15, 0.2) is 24.3 Å². The summed E-state index contributed by atoms with van der Waals surface area (Å²) < 4.78 is 0. The van der Waals surface area contributed by atoms with Crippen LogP contribution in [0.2, 0.25) is 0 Å². The van der Waals surface area contributed by atoms with E-state index in [4.69, 9.17) is 0 Å². The minimum atomic E-state index is -0.181. The minimum absolute atomic E-state index is 0.0861. The van der Waals surface area contributed by atoms with Gasteiger partial charge in [0, 0.05) is 0 Å². The summed E-state index contributed by atoms with van der Waals surface area (Å²) in [6.07, 6.45) is 8.23. The Morgan fingerprint density at radius 3 is 1.41 bits per heavy atom. The van der Waals surface area contributed by atoms with Crippen molar-refractivity contribution < 1.29 is 25.7 Å². The van der Waals surface area contributed by atoms with E-state index in [0.29, 0.717) is 27.4 Å². The molecule has 2 nitrogen and oxygen atoms in total. The maximum absolute atomic E-state index is 11.1. The van der Waals surface area contributed by atoms with Crippen LogP contribution >= 0.6 is 15.9 Å². The Kier molecular flexibility index (Phi) is 9.16. The van der Waals surface area contributed by atoms with E-state index < -0.39 is 0 Å². The molecule has 0 saturated heterocycles. The second-order valence-electron chi connectivity index (χ2n) is 13.4. The SMILES string of the molecule is Cc1cc(C(C)(C)C)cc(C[S]2=[Ti]=[S](Cc3cc(C(C)(C)C)cc(C)c3O)[C@H]3CCCCCC[C@@H]32)c1O. The second kappa shape index (κ2) is 11.5. The molecular weight excluding hydrogens is 528 g/mol. The number of fused-ring (bicyclic) bond motifs is 1. The number of aromatic hydroxyl groups is 2. The molecule has 2 aromatic carbocycles. The summed E-state index contributed by atoms with van der Waals surface area (Å²) in [5.74, 6) is 3.20. The van der Waals surface area contributed by atoms with Gasteiger partial charge < -0.3 is 0 Å². The maximum atomic E-state index is 11.1. The van der Waals surface area contributed by atoms with E-state index in [-0.39, 0.29) is 26.3 Å². The molecule has 37 heavy (non-hydrogen) atoms. The molecule has 1 fully saturated rings. The molecular formula is C32H48O2S2Ti. The Morgan fingerprint density at radius 1 is 0.676 bits per heavy atom. The third-order valence-electron chi connectivity index (χ3n) is 8.20. The summed E-state index contributed by atoms with van der Waals surface area (Å²) in [6, 6.07) is 9.00. The molecule has 0 amide bonds. The molecule has 2 aromatic rings. The van der Waals surface area contributed by atoms with Crippen LogP contribution in [0, 0.1) is 13.8 Å². The number of rotatable bonds is 4. The summed E-state index contributed by atoms with van der Waals surface area (Å²) in [7, 11) is 0.781. The summed E-state index contributed by atoms with van der Waals surface area (Å²) in [5.41, 5.74) is 7.29.